The van der Waals surface area contributed by atoms with Gasteiger partial charge in [-0.1, -0.05) is 0 Å². The number of hydrogen-bond donors (Lipinski definition) is 1. The third-order valence-corrected chi connectivity index (χ3v) is 5.86. The van der Waals surface area contributed by atoms with Gasteiger partial charge < -0.3 is 14.6 Å². The molecule has 1 aromatic carbocycles. The fourth-order valence-electron chi connectivity index (χ4n) is 2.81. The molecule has 22 heavy (non-hydrogen) atoms. The van der Waals surface area contributed by atoms with E-state index in [1.54, 1.807) is 0 Å². The van der Waals surface area contributed by atoms with E-state index in [4.69, 9.17) is 14.6 Å². The van der Waals surface area contributed by atoms with Crippen LogP contribution in [0, 0.1) is 5.41 Å². The van der Waals surface area contributed by atoms with Gasteiger partial charge in [0.15, 0.2) is 0 Å². The van der Waals surface area contributed by atoms with Crippen LogP contribution in [-0.4, -0.2) is 57.2 Å². The highest BCUT2D eigenvalue weighted by atomic mass is 32.2. The van der Waals surface area contributed by atoms with E-state index < -0.39 is 16.0 Å². The summed E-state index contributed by atoms with van der Waals surface area (Å²) in [6.07, 6.45) is -0.287. The lowest BCUT2D eigenvalue weighted by Gasteiger charge is -2.53. The number of nitrogens with zero attached hydrogens (tertiary/aromatic N) is 1. The van der Waals surface area contributed by atoms with Crippen LogP contribution in [0.3, 0.4) is 0 Å². The standard InChI is InChI=1S/C14H17NO6S/c1-20-12-3-2-11(4-10(12)5-13(16)17)22(18,19)15-6-14(7-15)8-21-9-14/h2-4H,5-9H2,1H3,(H,16,17). The molecule has 1 aromatic rings. The van der Waals surface area contributed by atoms with Gasteiger partial charge in [0, 0.05) is 24.1 Å². The highest BCUT2D eigenvalue weighted by Gasteiger charge is 2.53. The Balaban J connectivity index is 1.85. The summed E-state index contributed by atoms with van der Waals surface area (Å²) in [6.45, 7) is 2.11. The third kappa shape index (κ3) is 2.47. The van der Waals surface area contributed by atoms with Crippen LogP contribution < -0.4 is 4.74 Å². The highest BCUT2D eigenvalue weighted by molar-refractivity contribution is 7.89. The molecule has 0 saturated carbocycles. The minimum absolute atomic E-state index is 0.0105. The van der Waals surface area contributed by atoms with Crippen LogP contribution in [0.4, 0.5) is 0 Å². The molecule has 0 amide bonds. The van der Waals surface area contributed by atoms with E-state index in [1.807, 2.05) is 0 Å². The number of carbonyl (C=O) groups is 1. The Morgan fingerprint density at radius 3 is 2.59 bits per heavy atom. The molecular weight excluding hydrogens is 310 g/mol. The molecule has 2 heterocycles. The molecule has 7 nitrogen and oxygen atoms in total. The monoisotopic (exact) mass is 327 g/mol. The zero-order valence-electron chi connectivity index (χ0n) is 12.1. The first-order chi connectivity index (χ1) is 10.4. The molecule has 0 atom stereocenters. The molecule has 120 valence electrons. The molecule has 2 aliphatic rings. The number of aliphatic carboxylic acids is 1. The minimum Gasteiger partial charge on any atom is -0.496 e. The van der Waals surface area contributed by atoms with E-state index in [2.05, 4.69) is 0 Å². The Morgan fingerprint density at radius 2 is 2.09 bits per heavy atom. The van der Waals surface area contributed by atoms with Crippen molar-refractivity contribution in [2.75, 3.05) is 33.4 Å². The average Bonchev–Trinajstić information content (AvgIpc) is 2.34. The van der Waals surface area contributed by atoms with Gasteiger partial charge in [-0.05, 0) is 18.2 Å². The van der Waals surface area contributed by atoms with Gasteiger partial charge in [-0.25, -0.2) is 8.42 Å². The summed E-state index contributed by atoms with van der Waals surface area (Å²) in [7, 11) is -2.18. The second-order valence-electron chi connectivity index (χ2n) is 5.81. The maximum absolute atomic E-state index is 12.6. The summed E-state index contributed by atoms with van der Waals surface area (Å²) in [4.78, 5) is 11.0. The maximum Gasteiger partial charge on any atom is 0.307 e. The molecule has 2 saturated heterocycles. The number of carboxylic acids is 1. The number of ether oxygens (including phenoxy) is 2. The molecule has 0 radical (unpaired) electrons. The SMILES string of the molecule is COc1ccc(S(=O)(=O)N2CC3(COC3)C2)cc1CC(=O)O. The van der Waals surface area contributed by atoms with E-state index >= 15 is 0 Å². The van der Waals surface area contributed by atoms with Crippen LogP contribution in [0.25, 0.3) is 0 Å². The van der Waals surface area contributed by atoms with Crippen LogP contribution in [-0.2, 0) is 26.0 Å². The number of methoxy groups -OCH3 is 1. The molecule has 0 aliphatic carbocycles. The Kier molecular flexibility index (Phi) is 3.62. The summed E-state index contributed by atoms with van der Waals surface area (Å²) in [5.41, 5.74) is 0.335. The Labute approximate surface area is 128 Å². The second-order valence-corrected chi connectivity index (χ2v) is 7.75. The summed E-state index contributed by atoms with van der Waals surface area (Å²) in [6, 6.07) is 4.32. The molecule has 1 spiro atoms. The zero-order valence-corrected chi connectivity index (χ0v) is 12.9. The van der Waals surface area contributed by atoms with Gasteiger partial charge in [0.2, 0.25) is 10.0 Å². The molecular formula is C14H17NO6S. The molecule has 8 heteroatoms. The normalized spacial score (nSPS) is 20.2. The van der Waals surface area contributed by atoms with E-state index in [0.29, 0.717) is 37.6 Å². The average molecular weight is 327 g/mol. The van der Waals surface area contributed by atoms with Crippen LogP contribution >= 0.6 is 0 Å². The van der Waals surface area contributed by atoms with Crippen molar-refractivity contribution in [3.8, 4) is 5.75 Å². The van der Waals surface area contributed by atoms with E-state index in [-0.39, 0.29) is 16.7 Å². The smallest absolute Gasteiger partial charge is 0.307 e. The molecule has 0 unspecified atom stereocenters. The first-order valence-corrected chi connectivity index (χ1v) is 8.27. The Bertz CT molecular complexity index is 702. The lowest BCUT2D eigenvalue weighted by molar-refractivity contribution is -0.166. The maximum atomic E-state index is 12.6. The number of carboxylic acid groups (broad SMARTS) is 1. The fourth-order valence-corrected chi connectivity index (χ4v) is 4.53. The van der Waals surface area contributed by atoms with Crippen molar-refractivity contribution in [2.24, 2.45) is 5.41 Å². The van der Waals surface area contributed by atoms with Gasteiger partial charge in [0.25, 0.3) is 0 Å². The van der Waals surface area contributed by atoms with Crippen molar-refractivity contribution in [1.82, 2.24) is 4.31 Å². The van der Waals surface area contributed by atoms with Crippen molar-refractivity contribution in [1.29, 1.82) is 0 Å². The van der Waals surface area contributed by atoms with Gasteiger partial charge in [0.1, 0.15) is 5.75 Å². The van der Waals surface area contributed by atoms with Gasteiger partial charge in [-0.15, -0.1) is 0 Å². The summed E-state index contributed by atoms with van der Waals surface area (Å²) in [5.74, 6) is -0.670. The van der Waals surface area contributed by atoms with E-state index in [0.717, 1.165) is 0 Å². The van der Waals surface area contributed by atoms with Gasteiger partial charge >= 0.3 is 5.97 Å². The van der Waals surface area contributed by atoms with E-state index in [1.165, 1.54) is 29.6 Å². The van der Waals surface area contributed by atoms with Crippen molar-refractivity contribution >= 4 is 16.0 Å². The van der Waals surface area contributed by atoms with Gasteiger partial charge in [-0.2, -0.15) is 4.31 Å². The molecule has 2 aliphatic heterocycles. The molecule has 0 bridgehead atoms. The van der Waals surface area contributed by atoms with Crippen molar-refractivity contribution in [2.45, 2.75) is 11.3 Å². The Morgan fingerprint density at radius 1 is 1.41 bits per heavy atom. The third-order valence-electron chi connectivity index (χ3n) is 4.07. The number of benzene rings is 1. The largest absolute Gasteiger partial charge is 0.496 e. The lowest BCUT2D eigenvalue weighted by Crippen LogP contribution is -2.66. The summed E-state index contributed by atoms with van der Waals surface area (Å²) < 4.78 is 36.8. The number of hydrogen-bond acceptors (Lipinski definition) is 5. The fraction of sp³-hybridized carbons (Fsp3) is 0.500. The quantitative estimate of drug-likeness (QED) is 0.838. The lowest BCUT2D eigenvalue weighted by atomic mass is 9.80. The predicted molar refractivity (Wildman–Crippen MR) is 76.3 cm³/mol. The van der Waals surface area contributed by atoms with Crippen LogP contribution in [0.1, 0.15) is 5.56 Å². The first-order valence-electron chi connectivity index (χ1n) is 6.83. The van der Waals surface area contributed by atoms with Gasteiger partial charge in [-0.3, -0.25) is 4.79 Å². The van der Waals surface area contributed by atoms with Crippen LogP contribution in [0.5, 0.6) is 5.75 Å². The predicted octanol–water partition coefficient (Wildman–Crippen LogP) is 0.343. The molecule has 1 N–H and O–H groups in total. The molecule has 2 fully saturated rings. The molecule has 0 aromatic heterocycles. The number of sulfonamides is 1. The van der Waals surface area contributed by atoms with Crippen molar-refractivity contribution < 1.29 is 27.8 Å². The van der Waals surface area contributed by atoms with Crippen LogP contribution in [0.2, 0.25) is 0 Å². The van der Waals surface area contributed by atoms with Crippen molar-refractivity contribution in [3.63, 3.8) is 0 Å². The van der Waals surface area contributed by atoms with Crippen LogP contribution in [0.15, 0.2) is 23.1 Å². The highest BCUT2D eigenvalue weighted by Crippen LogP contribution is 2.40. The first kappa shape index (κ1) is 15.3. The summed E-state index contributed by atoms with van der Waals surface area (Å²) in [5, 5.41) is 8.93. The zero-order chi connectivity index (χ0) is 16.0. The van der Waals surface area contributed by atoms with Crippen molar-refractivity contribution in [3.05, 3.63) is 23.8 Å². The van der Waals surface area contributed by atoms with E-state index in [9.17, 15) is 13.2 Å². The summed E-state index contributed by atoms with van der Waals surface area (Å²) >= 11 is 0. The second kappa shape index (κ2) is 5.22. The molecule has 3 rings (SSSR count). The topological polar surface area (TPSA) is 93.1 Å². The van der Waals surface area contributed by atoms with Gasteiger partial charge in [0.05, 0.1) is 31.6 Å². The number of rotatable bonds is 5. The Hall–Kier alpha value is -1.64. The minimum atomic E-state index is -3.60.